The highest BCUT2D eigenvalue weighted by Crippen LogP contribution is 2.43. The average molecular weight is 1720 g/mol. The second kappa shape index (κ2) is 53.2. The molecule has 0 aromatic heterocycles. The lowest BCUT2D eigenvalue weighted by Gasteiger charge is -2.34. The minimum absolute atomic E-state index is 0.00960. The molecule has 0 amide bonds. The topological polar surface area (TPSA) is 237 Å². The Morgan fingerprint density at radius 3 is 0.887 bits per heavy atom. The highest BCUT2D eigenvalue weighted by atomic mass is 28.4. The molecule has 0 saturated heterocycles. The first-order chi connectivity index (χ1) is 60.3. The van der Waals surface area contributed by atoms with Crippen LogP contribution in [0.2, 0.25) is 38.3 Å². The Kier molecular flexibility index (Phi) is 41.5. The molecule has 0 aliphatic heterocycles. The number of nitrogens with zero attached hydrogens (tertiary/aromatic N) is 1. The Hall–Kier alpha value is -11.1. The van der Waals surface area contributed by atoms with E-state index in [2.05, 4.69) is 47.0 Å². The predicted octanol–water partition coefficient (Wildman–Crippen LogP) is 26.8. The molecule has 0 fully saturated rings. The summed E-state index contributed by atoms with van der Waals surface area (Å²) in [4.78, 5) is 80.0. The van der Waals surface area contributed by atoms with E-state index >= 15 is 0 Å². The summed E-state index contributed by atoms with van der Waals surface area (Å²) in [7, 11) is -3.53. The van der Waals surface area contributed by atoms with Crippen LogP contribution < -0.4 is 52.1 Å². The molecule has 21 heteroatoms. The number of nitriles is 1. The maximum atomic E-state index is 13.9. The van der Waals surface area contributed by atoms with Gasteiger partial charge in [-0.15, -0.1) is 0 Å². The van der Waals surface area contributed by atoms with Crippen LogP contribution in [-0.4, -0.2) is 85.5 Å². The van der Waals surface area contributed by atoms with Crippen molar-refractivity contribution in [3.8, 4) is 69.3 Å². The Bertz CT molecular complexity index is 4790. The molecule has 0 aliphatic rings. The van der Waals surface area contributed by atoms with Crippen LogP contribution in [0, 0.1) is 11.3 Å². The van der Waals surface area contributed by atoms with Gasteiger partial charge in [0.2, 0.25) is 0 Å². The van der Waals surface area contributed by atoms with Gasteiger partial charge in [-0.2, -0.15) is 5.26 Å². The summed E-state index contributed by atoms with van der Waals surface area (Å²) < 4.78 is 71.7. The van der Waals surface area contributed by atoms with Gasteiger partial charge >= 0.3 is 35.8 Å². The first kappa shape index (κ1) is 96.8. The largest absolute Gasteiger partial charge is 0.494 e. The van der Waals surface area contributed by atoms with E-state index in [1.165, 1.54) is 169 Å². The van der Waals surface area contributed by atoms with E-state index in [0.29, 0.717) is 101 Å². The molecule has 0 heterocycles. The molecule has 0 bridgehead atoms. The van der Waals surface area contributed by atoms with Crippen LogP contribution in [-0.2, 0) is 4.12 Å². The molecule has 19 nitrogen and oxygen atoms in total. The van der Waals surface area contributed by atoms with Crippen LogP contribution in [0.15, 0.2) is 194 Å². The van der Waals surface area contributed by atoms with Crippen molar-refractivity contribution in [1.82, 2.24) is 0 Å². The highest BCUT2D eigenvalue weighted by Gasteiger charge is 2.32. The van der Waals surface area contributed by atoms with E-state index in [4.69, 9.17) is 56.2 Å². The minimum Gasteiger partial charge on any atom is -0.494 e. The third-order valence-electron chi connectivity index (χ3n) is 21.5. The number of hydrogen-bond acceptors (Lipinski definition) is 19. The van der Waals surface area contributed by atoms with Gasteiger partial charge in [0, 0.05) is 22.9 Å². The monoisotopic (exact) mass is 1720 g/mol. The summed E-state index contributed by atoms with van der Waals surface area (Å²) >= 11 is 0. The first-order valence-electron chi connectivity index (χ1n) is 45.2. The molecule has 0 N–H and O–H groups in total. The number of rotatable bonds is 58. The van der Waals surface area contributed by atoms with Crippen LogP contribution >= 0.6 is 0 Å². The fraction of sp³-hybridized carbons (Fsp3) is 0.427. The number of ether oxygens (including phenoxy) is 11. The maximum Gasteiger partial charge on any atom is 0.343 e. The molecule has 9 rings (SSSR count). The standard InChI is InChI=1S/C103H127NO18Si2/c1-8-11-14-33-68-111-85-55-42-78(43-56-85)99(106)117-90-65-52-82(53-66-90)101(108)119-94-75-91(67-54-84(94)77-104)118-100(107)80-50-63-89(64-51-80)116-98(105)79-44-57-86(58-45-79)114-71-36-27-23-19-17-21-25-29-38-73-123(4,5)122-124(6,7)74-39-30-26-22-18-20-24-28-37-72-115-96-76-95(120-102(109)81-46-59-87(60-47-81)112-69-34-15-12-9-2)92-40-31-32-41-93(92)97(96)121-103(110)83-48-61-88(62-49-83)113-70-35-16-13-10-3/h31-32,40-67,75-76H,8-30,33-39,68-74H2,1-7H3. The van der Waals surface area contributed by atoms with Crippen molar-refractivity contribution in [1.29, 1.82) is 5.26 Å². The molecular weight excluding hydrogens is 1600 g/mol. The number of esters is 6. The van der Waals surface area contributed by atoms with Gasteiger partial charge in [0.15, 0.2) is 33.9 Å². The first-order valence-corrected chi connectivity index (χ1v) is 51.4. The third kappa shape index (κ3) is 34.2. The third-order valence-corrected chi connectivity index (χ3v) is 29.0. The Labute approximate surface area is 736 Å². The number of fused-ring (bicyclic) bond motifs is 1. The summed E-state index contributed by atoms with van der Waals surface area (Å²) in [5.74, 6) is 0.151. The lowest BCUT2D eigenvalue weighted by molar-refractivity contribution is 0.0717. The smallest absolute Gasteiger partial charge is 0.343 e. The zero-order valence-corrected chi connectivity index (χ0v) is 75.9. The fourth-order valence-electron chi connectivity index (χ4n) is 14.5. The maximum absolute atomic E-state index is 13.9. The molecule has 0 aliphatic carbocycles. The van der Waals surface area contributed by atoms with Crippen molar-refractivity contribution in [2.24, 2.45) is 0 Å². The summed E-state index contributed by atoms with van der Waals surface area (Å²) in [6, 6.07) is 56.6. The van der Waals surface area contributed by atoms with Gasteiger partial charge in [0.1, 0.15) is 52.1 Å². The number of benzene rings is 9. The van der Waals surface area contributed by atoms with Gasteiger partial charge in [-0.1, -0.05) is 206 Å². The number of unbranched alkanes of at least 4 members (excludes halogenated alkanes) is 25. The van der Waals surface area contributed by atoms with Crippen LogP contribution in [0.25, 0.3) is 10.8 Å². The SMILES string of the molecule is CCCCCCOc1ccc(C(=O)Oc2ccc(C(=O)Oc3cc(OC(=O)c4ccc(OC(=O)c5ccc(OCCCCCCCCCCC[Si](C)(C)O[Si](C)(C)CCCCCCCCCCCOc6cc(OC(=O)c7ccc(OCCCCCC)cc7)c7ccccc7c6OC(=O)c6ccc(OCCCCCC)cc6)cc5)cc4)ccc3C#N)cc2)cc1. The zero-order chi connectivity index (χ0) is 88.0. The summed E-state index contributed by atoms with van der Waals surface area (Å²) in [6.07, 6.45) is 34.1. The van der Waals surface area contributed by atoms with Crippen molar-refractivity contribution in [2.75, 3.05) is 33.0 Å². The summed E-state index contributed by atoms with van der Waals surface area (Å²) in [5.41, 5.74) is 1.70. The highest BCUT2D eigenvalue weighted by molar-refractivity contribution is 6.84. The van der Waals surface area contributed by atoms with Crippen LogP contribution in [0.4, 0.5) is 0 Å². The van der Waals surface area contributed by atoms with E-state index in [1.807, 2.05) is 30.3 Å². The molecule has 124 heavy (non-hydrogen) atoms. The molecule has 0 radical (unpaired) electrons. The molecule has 0 atom stereocenters. The van der Waals surface area contributed by atoms with Crippen molar-refractivity contribution < 1.29 is 85.0 Å². The molecule has 0 unspecified atom stereocenters. The van der Waals surface area contributed by atoms with E-state index < -0.39 is 52.5 Å². The fourth-order valence-corrected chi connectivity index (χ4v) is 23.5. The minimum atomic E-state index is -1.77. The van der Waals surface area contributed by atoms with Crippen LogP contribution in [0.3, 0.4) is 0 Å². The van der Waals surface area contributed by atoms with E-state index in [1.54, 1.807) is 103 Å². The summed E-state index contributed by atoms with van der Waals surface area (Å²) in [6.45, 7) is 19.0. The van der Waals surface area contributed by atoms with Gasteiger partial charge in [0.25, 0.3) is 0 Å². The molecule has 0 spiro atoms. The van der Waals surface area contributed by atoms with Crippen molar-refractivity contribution in [3.05, 3.63) is 233 Å². The van der Waals surface area contributed by atoms with Crippen molar-refractivity contribution in [2.45, 2.75) is 252 Å². The lowest BCUT2D eigenvalue weighted by atomic mass is 10.1. The number of carbonyl (C=O) groups excluding carboxylic acids is 6. The molecule has 0 saturated carbocycles. The Morgan fingerprint density at radius 1 is 0.266 bits per heavy atom. The molecule has 9 aromatic rings. The van der Waals surface area contributed by atoms with Gasteiger partial charge in [0.05, 0.1) is 72.0 Å². The van der Waals surface area contributed by atoms with Crippen molar-refractivity contribution >= 4 is 63.2 Å². The molecular formula is C103H127NO18Si2. The van der Waals surface area contributed by atoms with Gasteiger partial charge in [-0.3, -0.25) is 0 Å². The van der Waals surface area contributed by atoms with Crippen LogP contribution in [0.5, 0.6) is 63.2 Å². The van der Waals surface area contributed by atoms with E-state index in [9.17, 15) is 34.0 Å². The number of hydrogen-bond donors (Lipinski definition) is 0. The van der Waals surface area contributed by atoms with E-state index in [-0.39, 0.29) is 45.4 Å². The zero-order valence-electron chi connectivity index (χ0n) is 73.9. The van der Waals surface area contributed by atoms with Crippen molar-refractivity contribution in [3.63, 3.8) is 0 Å². The number of carbonyl (C=O) groups is 6. The average Bonchev–Trinajstić information content (AvgIpc) is 0.773. The Morgan fingerprint density at radius 2 is 0.540 bits per heavy atom. The van der Waals surface area contributed by atoms with Gasteiger partial charge in [-0.05, 0) is 228 Å². The van der Waals surface area contributed by atoms with Gasteiger partial charge < -0.3 is 56.2 Å². The van der Waals surface area contributed by atoms with E-state index in [0.717, 1.165) is 103 Å². The van der Waals surface area contributed by atoms with Crippen LogP contribution in [0.1, 0.15) is 281 Å². The normalized spacial score (nSPS) is 11.3. The summed E-state index contributed by atoms with van der Waals surface area (Å²) in [5, 5.41) is 11.0. The van der Waals surface area contributed by atoms with Gasteiger partial charge in [-0.25, -0.2) is 28.8 Å². The second-order valence-corrected chi connectivity index (χ2v) is 41.8. The molecule has 660 valence electrons. The Balaban J connectivity index is 0.587. The second-order valence-electron chi connectivity index (χ2n) is 32.9. The lowest BCUT2D eigenvalue weighted by Crippen LogP contribution is -2.44. The molecule has 9 aromatic carbocycles. The predicted molar refractivity (Wildman–Crippen MR) is 492 cm³/mol. The quantitative estimate of drug-likeness (QED) is 0.0149.